The number of hydrogen-bond donors (Lipinski definition) is 1. The van der Waals surface area contributed by atoms with E-state index >= 15 is 0 Å². The Hall–Kier alpha value is -0.260. The Kier molecular flexibility index (Phi) is 5.13. The number of thioether (sulfide) groups is 1. The molecule has 2 fully saturated rings. The molecule has 5 heteroatoms. The molecule has 0 aromatic heterocycles. The molecular formula is C12H21NO3S. The average molecular weight is 259 g/mol. The first-order chi connectivity index (χ1) is 8.25. The highest BCUT2D eigenvalue weighted by atomic mass is 32.2. The van der Waals surface area contributed by atoms with Crippen molar-refractivity contribution in [3.05, 3.63) is 0 Å². The smallest absolute Gasteiger partial charge is 0.304 e. The van der Waals surface area contributed by atoms with Crippen LogP contribution in [0.2, 0.25) is 0 Å². The first-order valence-electron chi connectivity index (χ1n) is 6.41. The van der Waals surface area contributed by atoms with Crippen LogP contribution in [0.3, 0.4) is 0 Å². The van der Waals surface area contributed by atoms with Crippen LogP contribution in [0.1, 0.15) is 25.7 Å². The standard InChI is InChI=1S/C12H21NO3S/c14-12(15)8-10-9-17-7-5-13(10)4-3-11-2-1-6-16-11/h10-11H,1-9H2,(H,14,15). The van der Waals surface area contributed by atoms with Gasteiger partial charge in [0.15, 0.2) is 0 Å². The molecule has 2 atom stereocenters. The highest BCUT2D eigenvalue weighted by Gasteiger charge is 2.26. The minimum atomic E-state index is -0.681. The zero-order chi connectivity index (χ0) is 12.1. The molecule has 2 saturated heterocycles. The summed E-state index contributed by atoms with van der Waals surface area (Å²) in [7, 11) is 0. The Morgan fingerprint density at radius 1 is 1.53 bits per heavy atom. The van der Waals surface area contributed by atoms with Crippen molar-refractivity contribution < 1.29 is 14.6 Å². The van der Waals surface area contributed by atoms with Gasteiger partial charge in [0.1, 0.15) is 0 Å². The van der Waals surface area contributed by atoms with Gasteiger partial charge in [-0.15, -0.1) is 0 Å². The summed E-state index contributed by atoms with van der Waals surface area (Å²) in [5.41, 5.74) is 0. The van der Waals surface area contributed by atoms with Crippen LogP contribution in [0.4, 0.5) is 0 Å². The minimum absolute atomic E-state index is 0.215. The fraction of sp³-hybridized carbons (Fsp3) is 0.917. The van der Waals surface area contributed by atoms with Crippen molar-refractivity contribution in [3.63, 3.8) is 0 Å². The lowest BCUT2D eigenvalue weighted by Gasteiger charge is -2.35. The van der Waals surface area contributed by atoms with Crippen LogP contribution in [0.5, 0.6) is 0 Å². The van der Waals surface area contributed by atoms with E-state index in [9.17, 15) is 4.79 Å². The number of rotatable bonds is 5. The van der Waals surface area contributed by atoms with E-state index in [1.54, 1.807) is 0 Å². The Labute approximate surface area is 107 Å². The molecule has 2 unspecified atom stereocenters. The molecule has 0 aromatic rings. The first-order valence-corrected chi connectivity index (χ1v) is 7.56. The van der Waals surface area contributed by atoms with Crippen LogP contribution in [0, 0.1) is 0 Å². The van der Waals surface area contributed by atoms with Gasteiger partial charge in [0, 0.05) is 37.2 Å². The van der Waals surface area contributed by atoms with Crippen molar-refractivity contribution >= 4 is 17.7 Å². The van der Waals surface area contributed by atoms with Crippen LogP contribution in [-0.2, 0) is 9.53 Å². The van der Waals surface area contributed by atoms with E-state index in [-0.39, 0.29) is 12.5 Å². The van der Waals surface area contributed by atoms with Crippen LogP contribution < -0.4 is 0 Å². The summed E-state index contributed by atoms with van der Waals surface area (Å²) in [6, 6.07) is 0.215. The van der Waals surface area contributed by atoms with Gasteiger partial charge in [0.05, 0.1) is 12.5 Å². The highest BCUT2D eigenvalue weighted by Crippen LogP contribution is 2.21. The van der Waals surface area contributed by atoms with Crippen LogP contribution in [0.15, 0.2) is 0 Å². The SMILES string of the molecule is O=C(O)CC1CSCCN1CCC1CCCO1. The van der Waals surface area contributed by atoms with E-state index in [2.05, 4.69) is 4.90 Å². The number of carbonyl (C=O) groups is 1. The third kappa shape index (κ3) is 4.16. The quantitative estimate of drug-likeness (QED) is 0.810. The number of ether oxygens (including phenoxy) is 1. The van der Waals surface area contributed by atoms with Crippen LogP contribution in [-0.4, -0.2) is 59.3 Å². The Balaban J connectivity index is 1.76. The lowest BCUT2D eigenvalue weighted by Crippen LogP contribution is -2.44. The summed E-state index contributed by atoms with van der Waals surface area (Å²) in [6.07, 6.45) is 4.10. The lowest BCUT2D eigenvalue weighted by molar-refractivity contribution is -0.138. The molecule has 2 aliphatic heterocycles. The van der Waals surface area contributed by atoms with Crippen molar-refractivity contribution in [1.82, 2.24) is 4.90 Å². The second-order valence-electron chi connectivity index (χ2n) is 4.79. The zero-order valence-corrected chi connectivity index (χ0v) is 11.0. The normalized spacial score (nSPS) is 30.6. The summed E-state index contributed by atoms with van der Waals surface area (Å²) in [5.74, 6) is 1.40. The van der Waals surface area contributed by atoms with Gasteiger partial charge in [-0.2, -0.15) is 11.8 Å². The number of carboxylic acid groups (broad SMARTS) is 1. The maximum Gasteiger partial charge on any atom is 0.304 e. The zero-order valence-electron chi connectivity index (χ0n) is 10.1. The van der Waals surface area contributed by atoms with Crippen molar-refractivity contribution in [3.8, 4) is 0 Å². The Morgan fingerprint density at radius 2 is 2.41 bits per heavy atom. The molecule has 0 radical (unpaired) electrons. The molecule has 0 aliphatic carbocycles. The molecule has 4 nitrogen and oxygen atoms in total. The predicted molar refractivity (Wildman–Crippen MR) is 68.5 cm³/mol. The summed E-state index contributed by atoms with van der Waals surface area (Å²) in [6.45, 7) is 2.91. The molecule has 2 aliphatic rings. The van der Waals surface area contributed by atoms with Crippen molar-refractivity contribution in [2.24, 2.45) is 0 Å². The maximum absolute atomic E-state index is 10.8. The number of hydrogen-bond acceptors (Lipinski definition) is 4. The first kappa shape index (κ1) is 13.2. The van der Waals surface area contributed by atoms with E-state index in [0.29, 0.717) is 6.10 Å². The van der Waals surface area contributed by atoms with Gasteiger partial charge in [0.25, 0.3) is 0 Å². The fourth-order valence-electron chi connectivity index (χ4n) is 2.55. The number of carboxylic acids is 1. The number of nitrogens with zero attached hydrogens (tertiary/aromatic N) is 1. The molecule has 0 spiro atoms. The Bertz CT molecular complexity index is 256. The molecule has 2 heterocycles. The van der Waals surface area contributed by atoms with Gasteiger partial charge in [0.2, 0.25) is 0 Å². The molecule has 2 rings (SSSR count). The highest BCUT2D eigenvalue weighted by molar-refractivity contribution is 7.99. The van der Waals surface area contributed by atoms with Crippen molar-refractivity contribution in [1.29, 1.82) is 0 Å². The van der Waals surface area contributed by atoms with Crippen molar-refractivity contribution in [2.75, 3.05) is 31.2 Å². The molecule has 0 aromatic carbocycles. The topological polar surface area (TPSA) is 49.8 Å². The largest absolute Gasteiger partial charge is 0.481 e. The van der Waals surface area contributed by atoms with E-state index in [1.165, 1.54) is 12.8 Å². The maximum atomic E-state index is 10.8. The molecule has 0 bridgehead atoms. The third-order valence-corrected chi connectivity index (χ3v) is 4.61. The van der Waals surface area contributed by atoms with Crippen LogP contribution in [0.25, 0.3) is 0 Å². The number of aliphatic carboxylic acids is 1. The average Bonchev–Trinajstić information content (AvgIpc) is 2.80. The Morgan fingerprint density at radius 3 is 3.12 bits per heavy atom. The van der Waals surface area contributed by atoms with Crippen molar-refractivity contribution in [2.45, 2.75) is 37.8 Å². The van der Waals surface area contributed by atoms with Gasteiger partial charge < -0.3 is 9.84 Å². The predicted octanol–water partition coefficient (Wildman–Crippen LogP) is 1.45. The fourth-order valence-corrected chi connectivity index (χ4v) is 3.69. The monoisotopic (exact) mass is 259 g/mol. The molecule has 17 heavy (non-hydrogen) atoms. The molecular weight excluding hydrogens is 238 g/mol. The van der Waals surface area contributed by atoms with Gasteiger partial charge in [-0.05, 0) is 19.3 Å². The van der Waals surface area contributed by atoms with Crippen LogP contribution >= 0.6 is 11.8 Å². The second-order valence-corrected chi connectivity index (χ2v) is 5.94. The van der Waals surface area contributed by atoms with Gasteiger partial charge in [-0.3, -0.25) is 9.69 Å². The van der Waals surface area contributed by atoms with Gasteiger partial charge in [-0.1, -0.05) is 0 Å². The van der Waals surface area contributed by atoms with E-state index < -0.39 is 5.97 Å². The van der Waals surface area contributed by atoms with E-state index in [0.717, 1.165) is 37.6 Å². The second kappa shape index (κ2) is 6.61. The third-order valence-electron chi connectivity index (χ3n) is 3.52. The van der Waals surface area contributed by atoms with E-state index in [1.807, 2.05) is 11.8 Å². The summed E-state index contributed by atoms with van der Waals surface area (Å²) in [4.78, 5) is 13.2. The van der Waals surface area contributed by atoms with E-state index in [4.69, 9.17) is 9.84 Å². The summed E-state index contributed by atoms with van der Waals surface area (Å²) >= 11 is 1.87. The lowest BCUT2D eigenvalue weighted by atomic mass is 10.1. The molecule has 0 saturated carbocycles. The summed E-state index contributed by atoms with van der Waals surface area (Å²) < 4.78 is 5.61. The molecule has 0 amide bonds. The van der Waals surface area contributed by atoms with Gasteiger partial charge in [-0.25, -0.2) is 0 Å². The molecule has 1 N–H and O–H groups in total. The minimum Gasteiger partial charge on any atom is -0.481 e. The van der Waals surface area contributed by atoms with Gasteiger partial charge >= 0.3 is 5.97 Å². The summed E-state index contributed by atoms with van der Waals surface area (Å²) in [5, 5.41) is 8.90. The molecule has 98 valence electrons.